The second-order valence-corrected chi connectivity index (χ2v) is 8.68. The maximum absolute atomic E-state index is 12.6. The Labute approximate surface area is 175 Å². The van der Waals surface area contributed by atoms with Crippen molar-refractivity contribution in [2.24, 2.45) is 7.05 Å². The van der Waals surface area contributed by atoms with Gasteiger partial charge in [-0.25, -0.2) is 13.2 Å². The Balaban J connectivity index is 2.11. The first kappa shape index (κ1) is 22.9. The van der Waals surface area contributed by atoms with Crippen molar-refractivity contribution in [2.75, 3.05) is 18.4 Å². The second-order valence-electron chi connectivity index (χ2n) is 6.30. The Kier molecular flexibility index (Phi) is 7.45. The van der Waals surface area contributed by atoms with Crippen molar-refractivity contribution in [3.8, 4) is 0 Å². The van der Waals surface area contributed by atoms with Crippen molar-refractivity contribution in [3.05, 3.63) is 47.2 Å². The number of sulfonamides is 1. The van der Waals surface area contributed by atoms with E-state index in [9.17, 15) is 18.0 Å². The Morgan fingerprint density at radius 2 is 1.79 bits per heavy atom. The highest BCUT2D eigenvalue weighted by Gasteiger charge is 2.27. The molecule has 10 heteroatoms. The summed E-state index contributed by atoms with van der Waals surface area (Å²) >= 11 is 5.80. The fourth-order valence-electron chi connectivity index (χ4n) is 2.64. The third kappa shape index (κ3) is 5.37. The number of ether oxygens (including phenoxy) is 1. The van der Waals surface area contributed by atoms with Crippen molar-refractivity contribution in [1.82, 2.24) is 8.87 Å². The van der Waals surface area contributed by atoms with Crippen LogP contribution in [0.2, 0.25) is 5.02 Å². The van der Waals surface area contributed by atoms with Gasteiger partial charge in [0.1, 0.15) is 10.6 Å². The Morgan fingerprint density at radius 3 is 2.34 bits per heavy atom. The van der Waals surface area contributed by atoms with Gasteiger partial charge in [-0.1, -0.05) is 25.4 Å². The van der Waals surface area contributed by atoms with Crippen LogP contribution < -0.4 is 5.32 Å². The number of carbonyl (C=O) groups excluding carboxylic acids is 2. The molecule has 0 saturated carbocycles. The molecule has 8 nitrogen and oxygen atoms in total. The number of anilines is 1. The number of halogens is 1. The van der Waals surface area contributed by atoms with E-state index in [0.717, 1.165) is 0 Å². The first-order valence-electron chi connectivity index (χ1n) is 9.04. The van der Waals surface area contributed by atoms with Gasteiger partial charge < -0.3 is 14.6 Å². The molecule has 0 saturated heterocycles. The van der Waals surface area contributed by atoms with Crippen molar-refractivity contribution in [1.29, 1.82) is 0 Å². The van der Waals surface area contributed by atoms with Crippen LogP contribution in [0.5, 0.6) is 0 Å². The lowest BCUT2D eigenvalue weighted by atomic mass is 10.3. The number of nitrogens with one attached hydrogen (secondary N) is 1. The summed E-state index contributed by atoms with van der Waals surface area (Å²) in [6, 6.07) is 7.73. The van der Waals surface area contributed by atoms with Crippen LogP contribution in [0, 0.1) is 0 Å². The van der Waals surface area contributed by atoms with Crippen LogP contribution in [0.15, 0.2) is 41.4 Å². The van der Waals surface area contributed by atoms with Crippen LogP contribution in [-0.4, -0.2) is 48.4 Å². The Hall–Kier alpha value is -2.36. The number of aromatic nitrogens is 1. The lowest BCUT2D eigenvalue weighted by Gasteiger charge is -2.17. The molecule has 1 N–H and O–H groups in total. The summed E-state index contributed by atoms with van der Waals surface area (Å²) in [5.74, 6) is -1.32. The highest BCUT2D eigenvalue weighted by molar-refractivity contribution is 7.89. The third-order valence-corrected chi connectivity index (χ3v) is 6.56. The molecule has 1 unspecified atom stereocenters. The first-order chi connectivity index (χ1) is 13.6. The number of rotatable bonds is 8. The van der Waals surface area contributed by atoms with Crippen molar-refractivity contribution in [2.45, 2.75) is 31.8 Å². The smallest absolute Gasteiger partial charge is 0.355 e. The molecule has 0 bridgehead atoms. The minimum Gasteiger partial charge on any atom is -0.448 e. The molecule has 1 atom stereocenters. The number of hydrogen-bond acceptors (Lipinski definition) is 5. The lowest BCUT2D eigenvalue weighted by molar-refractivity contribution is -0.123. The van der Waals surface area contributed by atoms with E-state index in [-0.39, 0.29) is 10.6 Å². The van der Waals surface area contributed by atoms with E-state index in [0.29, 0.717) is 23.8 Å². The number of nitrogens with zero attached hydrogens (tertiary/aromatic N) is 2. The predicted octanol–water partition coefficient (Wildman–Crippen LogP) is 2.89. The molecule has 0 aliphatic heterocycles. The van der Waals surface area contributed by atoms with Gasteiger partial charge in [-0.05, 0) is 37.3 Å². The van der Waals surface area contributed by atoms with Gasteiger partial charge in [-0.3, -0.25) is 4.79 Å². The zero-order chi connectivity index (χ0) is 21.8. The number of hydrogen-bond donors (Lipinski definition) is 1. The SMILES string of the molecule is CCN(CC)S(=O)(=O)c1cc(C(=O)OC(C)C(=O)Nc2ccc(Cl)cc2)n(C)c1. The first-order valence-corrected chi connectivity index (χ1v) is 10.9. The van der Waals surface area contributed by atoms with Gasteiger partial charge in [0.2, 0.25) is 10.0 Å². The largest absolute Gasteiger partial charge is 0.448 e. The molecule has 0 spiro atoms. The van der Waals surface area contributed by atoms with Gasteiger partial charge in [-0.2, -0.15) is 4.31 Å². The van der Waals surface area contributed by atoms with Crippen LogP contribution in [-0.2, 0) is 26.6 Å². The van der Waals surface area contributed by atoms with E-state index in [2.05, 4.69) is 5.32 Å². The third-order valence-electron chi connectivity index (χ3n) is 4.30. The molecule has 158 valence electrons. The fourth-order valence-corrected chi connectivity index (χ4v) is 4.30. The molecule has 1 amide bonds. The van der Waals surface area contributed by atoms with Gasteiger partial charge in [0.25, 0.3) is 5.91 Å². The average Bonchev–Trinajstić information content (AvgIpc) is 3.07. The summed E-state index contributed by atoms with van der Waals surface area (Å²) in [6.07, 6.45) is 0.263. The summed E-state index contributed by atoms with van der Waals surface area (Å²) in [6.45, 7) is 5.53. The zero-order valence-corrected chi connectivity index (χ0v) is 18.2. The maximum atomic E-state index is 12.6. The molecule has 1 aromatic heterocycles. The van der Waals surface area contributed by atoms with Crippen LogP contribution in [0.3, 0.4) is 0 Å². The molecular formula is C19H24ClN3O5S. The van der Waals surface area contributed by atoms with Gasteiger partial charge in [-0.15, -0.1) is 0 Å². The highest BCUT2D eigenvalue weighted by Crippen LogP contribution is 2.20. The number of esters is 1. The van der Waals surface area contributed by atoms with E-state index in [4.69, 9.17) is 16.3 Å². The quantitative estimate of drug-likeness (QED) is 0.635. The molecular weight excluding hydrogens is 418 g/mol. The monoisotopic (exact) mass is 441 g/mol. The lowest BCUT2D eigenvalue weighted by Crippen LogP contribution is -2.30. The second kappa shape index (κ2) is 9.43. The summed E-state index contributed by atoms with van der Waals surface area (Å²) < 4.78 is 33.1. The van der Waals surface area contributed by atoms with Gasteiger partial charge in [0.05, 0.1) is 0 Å². The summed E-state index contributed by atoms with van der Waals surface area (Å²) in [5.41, 5.74) is 0.538. The van der Waals surface area contributed by atoms with E-state index in [1.165, 1.54) is 35.1 Å². The minimum atomic E-state index is -3.71. The van der Waals surface area contributed by atoms with Gasteiger partial charge in [0.15, 0.2) is 6.10 Å². The molecule has 1 aromatic carbocycles. The minimum absolute atomic E-state index is 0.00563. The molecule has 2 rings (SSSR count). The van der Waals surface area contributed by atoms with Crippen LogP contribution in [0.25, 0.3) is 0 Å². The number of carbonyl (C=O) groups is 2. The average molecular weight is 442 g/mol. The normalized spacial score (nSPS) is 12.6. The van der Waals surface area contributed by atoms with Crippen molar-refractivity contribution < 1.29 is 22.7 Å². The number of benzene rings is 1. The fraction of sp³-hybridized carbons (Fsp3) is 0.368. The topological polar surface area (TPSA) is 97.7 Å². The number of amides is 1. The zero-order valence-electron chi connectivity index (χ0n) is 16.7. The van der Waals surface area contributed by atoms with E-state index in [1.54, 1.807) is 38.1 Å². The highest BCUT2D eigenvalue weighted by atomic mass is 35.5. The van der Waals surface area contributed by atoms with Crippen LogP contribution in [0.1, 0.15) is 31.3 Å². The maximum Gasteiger partial charge on any atom is 0.355 e. The molecule has 0 aliphatic carbocycles. The molecule has 29 heavy (non-hydrogen) atoms. The summed E-state index contributed by atoms with van der Waals surface area (Å²) in [7, 11) is -2.17. The molecule has 2 aromatic rings. The number of aryl methyl sites for hydroxylation is 1. The molecule has 0 aliphatic rings. The van der Waals surface area contributed by atoms with E-state index >= 15 is 0 Å². The van der Waals surface area contributed by atoms with Crippen molar-refractivity contribution >= 4 is 39.2 Å². The standard InChI is InChI=1S/C19H24ClN3O5S/c1-5-23(6-2)29(26,27)16-11-17(22(4)12-16)19(25)28-13(3)18(24)21-15-9-7-14(20)8-10-15/h7-13H,5-6H2,1-4H3,(H,21,24). The van der Waals surface area contributed by atoms with Gasteiger partial charge >= 0.3 is 5.97 Å². The van der Waals surface area contributed by atoms with Crippen LogP contribution >= 0.6 is 11.6 Å². The Morgan fingerprint density at radius 1 is 1.21 bits per heavy atom. The van der Waals surface area contributed by atoms with Crippen LogP contribution in [0.4, 0.5) is 5.69 Å². The summed E-state index contributed by atoms with van der Waals surface area (Å²) in [4.78, 5) is 24.7. The predicted molar refractivity (Wildman–Crippen MR) is 110 cm³/mol. The van der Waals surface area contributed by atoms with Gasteiger partial charge in [0, 0.05) is 37.0 Å². The van der Waals surface area contributed by atoms with E-state index < -0.39 is 28.0 Å². The summed E-state index contributed by atoms with van der Waals surface area (Å²) in [5, 5.41) is 3.15. The molecule has 0 radical (unpaired) electrons. The molecule has 0 fully saturated rings. The van der Waals surface area contributed by atoms with E-state index in [1.807, 2.05) is 0 Å². The van der Waals surface area contributed by atoms with Crippen molar-refractivity contribution in [3.63, 3.8) is 0 Å². The molecule has 1 heterocycles. The Bertz CT molecular complexity index is 982.